The molecule has 3 aromatic rings. The largest absolute Gasteiger partial charge is 0.493 e. The maximum Gasteiger partial charge on any atom is 0.277 e. The second-order valence-electron chi connectivity index (χ2n) is 7.28. The summed E-state index contributed by atoms with van der Waals surface area (Å²) >= 11 is 0. The maximum atomic E-state index is 12.9. The first kappa shape index (κ1) is 20.5. The number of hydrogen-bond donors (Lipinski definition) is 1. The molecule has 2 aromatic heterocycles. The highest BCUT2D eigenvalue weighted by Crippen LogP contribution is 2.32. The molecule has 0 aliphatic carbocycles. The van der Waals surface area contributed by atoms with E-state index in [1.54, 1.807) is 17.5 Å². The lowest BCUT2D eigenvalue weighted by Crippen LogP contribution is -2.41. The molecule has 1 fully saturated rings. The SMILES string of the molecule is CCCc1nc(C)c2c(=O)[nH]c(-c3cc(S(=O)(=O)N4CCC4)ccc3OCC)nn12. The van der Waals surface area contributed by atoms with E-state index in [1.165, 1.54) is 16.4 Å². The van der Waals surface area contributed by atoms with E-state index in [9.17, 15) is 13.2 Å². The van der Waals surface area contributed by atoms with Crippen molar-refractivity contribution in [1.29, 1.82) is 0 Å². The Hall–Kier alpha value is -2.72. The Labute approximate surface area is 174 Å². The molecule has 0 radical (unpaired) electrons. The fraction of sp³-hybridized carbons (Fsp3) is 0.450. The van der Waals surface area contributed by atoms with Crippen molar-refractivity contribution in [2.45, 2.75) is 44.9 Å². The Morgan fingerprint density at radius 1 is 1.23 bits per heavy atom. The molecule has 0 bridgehead atoms. The number of hydrogen-bond acceptors (Lipinski definition) is 6. The van der Waals surface area contributed by atoms with Crippen molar-refractivity contribution in [3.05, 3.63) is 40.1 Å². The molecule has 1 aliphatic rings. The molecule has 3 heterocycles. The molecule has 0 atom stereocenters. The van der Waals surface area contributed by atoms with E-state index in [2.05, 4.69) is 15.1 Å². The predicted octanol–water partition coefficient (Wildman–Crippen LogP) is 2.14. The number of fused-ring (bicyclic) bond motifs is 1. The number of H-pyrrole nitrogens is 1. The number of nitrogens with one attached hydrogen (secondary N) is 1. The van der Waals surface area contributed by atoms with Crippen LogP contribution in [-0.4, -0.2) is 52.0 Å². The van der Waals surface area contributed by atoms with Gasteiger partial charge in [-0.15, -0.1) is 5.10 Å². The number of aromatic amines is 1. The molecule has 4 rings (SSSR count). The third kappa shape index (κ3) is 3.39. The van der Waals surface area contributed by atoms with Gasteiger partial charge in [0, 0.05) is 19.5 Å². The van der Waals surface area contributed by atoms with Crippen LogP contribution in [-0.2, 0) is 16.4 Å². The molecular weight excluding hydrogens is 406 g/mol. The van der Waals surface area contributed by atoms with Crippen molar-refractivity contribution in [3.63, 3.8) is 0 Å². The predicted molar refractivity (Wildman–Crippen MR) is 112 cm³/mol. The Bertz CT molecular complexity index is 1260. The van der Waals surface area contributed by atoms with Crippen molar-refractivity contribution in [2.75, 3.05) is 19.7 Å². The van der Waals surface area contributed by atoms with Crippen molar-refractivity contribution >= 4 is 15.5 Å². The zero-order chi connectivity index (χ0) is 21.5. The molecule has 1 N–H and O–H groups in total. The van der Waals surface area contributed by atoms with Gasteiger partial charge in [0.1, 0.15) is 11.6 Å². The zero-order valence-corrected chi connectivity index (χ0v) is 18.1. The van der Waals surface area contributed by atoms with Gasteiger partial charge >= 0.3 is 0 Å². The third-order valence-electron chi connectivity index (χ3n) is 5.18. The Balaban J connectivity index is 1.92. The lowest BCUT2D eigenvalue weighted by atomic mass is 10.2. The summed E-state index contributed by atoms with van der Waals surface area (Å²) in [5, 5.41) is 4.60. The van der Waals surface area contributed by atoms with Gasteiger partial charge in [-0.05, 0) is 44.9 Å². The number of rotatable bonds is 7. The highest BCUT2D eigenvalue weighted by molar-refractivity contribution is 7.89. The fourth-order valence-corrected chi connectivity index (χ4v) is 5.10. The highest BCUT2D eigenvalue weighted by Gasteiger charge is 2.30. The monoisotopic (exact) mass is 431 g/mol. The van der Waals surface area contributed by atoms with Crippen molar-refractivity contribution < 1.29 is 13.2 Å². The van der Waals surface area contributed by atoms with Crippen LogP contribution in [0.25, 0.3) is 16.9 Å². The van der Waals surface area contributed by atoms with Gasteiger partial charge in [-0.25, -0.2) is 17.9 Å². The maximum absolute atomic E-state index is 12.9. The van der Waals surface area contributed by atoms with E-state index in [-0.39, 0.29) is 16.3 Å². The number of nitrogens with zero attached hydrogens (tertiary/aromatic N) is 4. The summed E-state index contributed by atoms with van der Waals surface area (Å²) in [6.07, 6.45) is 2.39. The zero-order valence-electron chi connectivity index (χ0n) is 17.3. The van der Waals surface area contributed by atoms with Crippen LogP contribution in [0.4, 0.5) is 0 Å². The smallest absolute Gasteiger partial charge is 0.277 e. The molecule has 9 nitrogen and oxygen atoms in total. The molecule has 1 saturated heterocycles. The molecule has 30 heavy (non-hydrogen) atoms. The summed E-state index contributed by atoms with van der Waals surface area (Å²) in [4.78, 5) is 20.2. The van der Waals surface area contributed by atoms with Crippen molar-refractivity contribution in [2.24, 2.45) is 0 Å². The number of imidazole rings is 1. The molecule has 10 heteroatoms. The molecule has 0 amide bonds. The third-order valence-corrected chi connectivity index (χ3v) is 7.07. The molecule has 1 aliphatic heterocycles. The molecule has 160 valence electrons. The van der Waals surface area contributed by atoms with Crippen molar-refractivity contribution in [3.8, 4) is 17.1 Å². The Kier molecular flexibility index (Phi) is 5.37. The summed E-state index contributed by atoms with van der Waals surface area (Å²) in [6.45, 7) is 7.06. The van der Waals surface area contributed by atoms with Crippen LogP contribution in [0, 0.1) is 6.92 Å². The minimum absolute atomic E-state index is 0.152. The van der Waals surface area contributed by atoms with E-state index in [1.807, 2.05) is 13.8 Å². The van der Waals surface area contributed by atoms with Gasteiger partial charge in [0.05, 0.1) is 22.8 Å². The minimum atomic E-state index is -3.59. The average Bonchev–Trinajstić information content (AvgIpc) is 2.96. The van der Waals surface area contributed by atoms with E-state index >= 15 is 0 Å². The van der Waals surface area contributed by atoms with Crippen LogP contribution in [0.5, 0.6) is 5.75 Å². The van der Waals surface area contributed by atoms with E-state index < -0.39 is 10.0 Å². The van der Waals surface area contributed by atoms with Crippen molar-refractivity contribution in [1.82, 2.24) is 23.9 Å². The average molecular weight is 432 g/mol. The second kappa shape index (κ2) is 7.84. The van der Waals surface area contributed by atoms with Crippen LogP contribution in [0.1, 0.15) is 38.2 Å². The standard InChI is InChI=1S/C20H25N5O4S/c1-4-7-17-21-13(3)18-20(26)22-19(23-25(17)18)15-12-14(8-9-16(15)29-5-2)30(27,28)24-10-6-11-24/h8-9,12H,4-7,10-11H2,1-3H3,(H,22,23,26). The lowest BCUT2D eigenvalue weighted by molar-refractivity contribution is 0.309. The summed E-state index contributed by atoms with van der Waals surface area (Å²) in [5.74, 6) is 1.39. The Morgan fingerprint density at radius 2 is 2.00 bits per heavy atom. The minimum Gasteiger partial charge on any atom is -0.493 e. The molecular formula is C20H25N5O4S. The van der Waals surface area contributed by atoms with Gasteiger partial charge in [0.2, 0.25) is 10.0 Å². The number of ether oxygens (including phenoxy) is 1. The first-order valence-electron chi connectivity index (χ1n) is 10.1. The summed E-state index contributed by atoms with van der Waals surface area (Å²) in [5.41, 5.74) is 1.10. The number of aromatic nitrogens is 4. The van der Waals surface area contributed by atoms with Gasteiger partial charge in [0.25, 0.3) is 5.56 Å². The lowest BCUT2D eigenvalue weighted by Gasteiger charge is -2.29. The van der Waals surface area contributed by atoms with E-state index in [4.69, 9.17) is 4.74 Å². The van der Waals surface area contributed by atoms with Crippen LogP contribution in [0.15, 0.2) is 27.9 Å². The first-order valence-corrected chi connectivity index (χ1v) is 11.6. The van der Waals surface area contributed by atoms with Crippen LogP contribution >= 0.6 is 0 Å². The number of benzene rings is 1. The van der Waals surface area contributed by atoms with Gasteiger partial charge in [-0.3, -0.25) is 4.79 Å². The van der Waals surface area contributed by atoms with Crippen LogP contribution < -0.4 is 10.3 Å². The van der Waals surface area contributed by atoms with E-state index in [0.29, 0.717) is 54.5 Å². The van der Waals surface area contributed by atoms with Gasteiger partial charge in [-0.1, -0.05) is 6.92 Å². The molecule has 0 unspecified atom stereocenters. The topological polar surface area (TPSA) is 110 Å². The Morgan fingerprint density at radius 3 is 2.63 bits per heavy atom. The number of sulfonamides is 1. The molecule has 0 saturated carbocycles. The quantitative estimate of drug-likeness (QED) is 0.614. The summed E-state index contributed by atoms with van der Waals surface area (Å²) < 4.78 is 34.4. The normalized spacial score (nSPS) is 14.8. The first-order chi connectivity index (χ1) is 14.4. The second-order valence-corrected chi connectivity index (χ2v) is 9.21. The van der Waals surface area contributed by atoms with Gasteiger partial charge < -0.3 is 9.72 Å². The highest BCUT2D eigenvalue weighted by atomic mass is 32.2. The molecule has 1 aromatic carbocycles. The van der Waals surface area contributed by atoms with E-state index in [0.717, 1.165) is 12.8 Å². The number of aryl methyl sites for hydroxylation is 2. The summed E-state index contributed by atoms with van der Waals surface area (Å²) in [6, 6.07) is 4.66. The fourth-order valence-electron chi connectivity index (χ4n) is 3.56. The van der Waals surface area contributed by atoms with Crippen LogP contribution in [0.2, 0.25) is 0 Å². The van der Waals surface area contributed by atoms with Crippen LogP contribution in [0.3, 0.4) is 0 Å². The van der Waals surface area contributed by atoms with Gasteiger partial charge in [-0.2, -0.15) is 4.31 Å². The van der Waals surface area contributed by atoms with Gasteiger partial charge in [0.15, 0.2) is 11.3 Å². The molecule has 0 spiro atoms. The summed E-state index contributed by atoms with van der Waals surface area (Å²) in [7, 11) is -3.59.